The van der Waals surface area contributed by atoms with E-state index in [9.17, 15) is 9.18 Å². The highest BCUT2D eigenvalue weighted by Crippen LogP contribution is 2.38. The van der Waals surface area contributed by atoms with E-state index in [0.29, 0.717) is 66.8 Å². The van der Waals surface area contributed by atoms with Gasteiger partial charge in [-0.15, -0.1) is 0 Å². The van der Waals surface area contributed by atoms with E-state index >= 15 is 0 Å². The Morgan fingerprint density at radius 3 is 2.69 bits per heavy atom. The SMILES string of the molecule is C=CC(=O)N1CCC(Oc2cc3c(Nc4ccc(Cl)c(Cl)c4F)ncnc3cc2OC[C@@H]2CCCN2C)CC1. The summed E-state index contributed by atoms with van der Waals surface area (Å²) in [6.07, 6.45) is 6.19. The molecule has 0 unspecified atom stereocenters. The molecule has 5 rings (SSSR count). The molecule has 206 valence electrons. The Morgan fingerprint density at radius 1 is 1.18 bits per heavy atom. The number of hydrogen-bond donors (Lipinski definition) is 1. The van der Waals surface area contributed by atoms with E-state index in [1.54, 1.807) is 4.90 Å². The normalized spacial score (nSPS) is 18.4. The van der Waals surface area contributed by atoms with Crippen LogP contribution in [0.3, 0.4) is 0 Å². The minimum absolute atomic E-state index is 0.0775. The van der Waals surface area contributed by atoms with E-state index in [1.807, 2.05) is 12.1 Å². The van der Waals surface area contributed by atoms with Gasteiger partial charge < -0.3 is 24.6 Å². The maximum absolute atomic E-state index is 14.8. The van der Waals surface area contributed by atoms with Crippen molar-refractivity contribution in [2.24, 2.45) is 0 Å². The Labute approximate surface area is 236 Å². The lowest BCUT2D eigenvalue weighted by atomic mass is 10.1. The van der Waals surface area contributed by atoms with Gasteiger partial charge in [0.2, 0.25) is 5.91 Å². The molecule has 2 aliphatic heterocycles. The number of nitrogens with one attached hydrogen (secondary N) is 1. The average Bonchev–Trinajstić information content (AvgIpc) is 3.36. The van der Waals surface area contributed by atoms with Crippen LogP contribution in [0.4, 0.5) is 15.9 Å². The topological polar surface area (TPSA) is 79.8 Å². The molecule has 0 spiro atoms. The Kier molecular flexibility index (Phi) is 8.40. The summed E-state index contributed by atoms with van der Waals surface area (Å²) in [5.74, 6) is 0.762. The van der Waals surface area contributed by atoms with Crippen LogP contribution in [-0.4, -0.2) is 71.1 Å². The van der Waals surface area contributed by atoms with Gasteiger partial charge in [0.25, 0.3) is 0 Å². The number of halogens is 3. The highest BCUT2D eigenvalue weighted by molar-refractivity contribution is 6.42. The second-order valence-corrected chi connectivity index (χ2v) is 10.6. The van der Waals surface area contributed by atoms with E-state index in [4.69, 9.17) is 32.7 Å². The molecule has 3 heterocycles. The molecule has 39 heavy (non-hydrogen) atoms. The molecule has 1 atom stereocenters. The molecule has 1 aromatic heterocycles. The molecular weight excluding hydrogens is 544 g/mol. The first-order valence-corrected chi connectivity index (χ1v) is 13.7. The van der Waals surface area contributed by atoms with E-state index in [2.05, 4.69) is 33.8 Å². The number of fused-ring (bicyclic) bond motifs is 1. The number of aromatic nitrogens is 2. The fraction of sp³-hybridized carbons (Fsp3) is 0.393. The van der Waals surface area contributed by atoms with Gasteiger partial charge >= 0.3 is 0 Å². The van der Waals surface area contributed by atoms with E-state index < -0.39 is 5.82 Å². The first-order chi connectivity index (χ1) is 18.8. The molecule has 0 aliphatic carbocycles. The predicted molar refractivity (Wildman–Crippen MR) is 151 cm³/mol. The van der Waals surface area contributed by atoms with Crippen LogP contribution in [0, 0.1) is 5.82 Å². The van der Waals surface area contributed by atoms with Gasteiger partial charge in [-0.25, -0.2) is 14.4 Å². The number of likely N-dealkylation sites (N-methyl/N-ethyl adjacent to an activating group) is 1. The molecule has 11 heteroatoms. The zero-order chi connectivity index (χ0) is 27.5. The van der Waals surface area contributed by atoms with E-state index in [0.717, 1.165) is 19.4 Å². The number of amides is 1. The number of hydrogen-bond acceptors (Lipinski definition) is 7. The van der Waals surface area contributed by atoms with Crippen LogP contribution >= 0.6 is 23.2 Å². The van der Waals surface area contributed by atoms with Crippen molar-refractivity contribution < 1.29 is 18.7 Å². The second kappa shape index (κ2) is 11.9. The third-order valence-electron chi connectivity index (χ3n) is 7.31. The number of anilines is 2. The first kappa shape index (κ1) is 27.4. The van der Waals surface area contributed by atoms with Gasteiger partial charge in [-0.2, -0.15) is 0 Å². The molecule has 2 fully saturated rings. The quantitative estimate of drug-likeness (QED) is 0.267. The number of benzene rings is 2. The summed E-state index contributed by atoms with van der Waals surface area (Å²) in [5, 5.41) is 3.60. The summed E-state index contributed by atoms with van der Waals surface area (Å²) in [4.78, 5) is 24.8. The molecule has 8 nitrogen and oxygen atoms in total. The van der Waals surface area contributed by atoms with Crippen LogP contribution in [-0.2, 0) is 4.79 Å². The molecule has 0 radical (unpaired) electrons. The summed E-state index contributed by atoms with van der Waals surface area (Å²) in [7, 11) is 2.10. The van der Waals surface area contributed by atoms with Crippen LogP contribution in [0.5, 0.6) is 11.5 Å². The Hall–Kier alpha value is -3.14. The maximum atomic E-state index is 14.8. The molecule has 2 aliphatic rings. The standard InChI is InChI=1S/C28H30Cl2FN5O3/c1-3-25(37)36-11-8-18(9-12-36)39-24-13-19-22(14-23(24)38-15-17-5-4-10-35(17)2)32-16-33-28(19)34-21-7-6-20(29)26(30)27(21)31/h3,6-7,13-14,16-18H,1,4-5,8-12,15H2,2H3,(H,32,33,34)/t17-/m0/s1. The summed E-state index contributed by atoms with van der Waals surface area (Å²) < 4.78 is 27.6. The third kappa shape index (κ3) is 6.05. The minimum Gasteiger partial charge on any atom is -0.488 e. The molecule has 3 aromatic rings. The lowest BCUT2D eigenvalue weighted by Gasteiger charge is -2.32. The first-order valence-electron chi connectivity index (χ1n) is 12.9. The van der Waals surface area contributed by atoms with Gasteiger partial charge in [-0.3, -0.25) is 4.79 Å². The minimum atomic E-state index is -0.672. The van der Waals surface area contributed by atoms with Gasteiger partial charge in [0.1, 0.15) is 24.9 Å². The van der Waals surface area contributed by atoms with Gasteiger partial charge in [-0.05, 0) is 50.7 Å². The summed E-state index contributed by atoms with van der Waals surface area (Å²) >= 11 is 12.0. The maximum Gasteiger partial charge on any atom is 0.245 e. The highest BCUT2D eigenvalue weighted by atomic mass is 35.5. The van der Waals surface area contributed by atoms with Crippen molar-refractivity contribution >= 4 is 51.5 Å². The van der Waals surface area contributed by atoms with Crippen LogP contribution < -0.4 is 14.8 Å². The monoisotopic (exact) mass is 573 g/mol. The number of piperidine rings is 1. The smallest absolute Gasteiger partial charge is 0.245 e. The zero-order valence-electron chi connectivity index (χ0n) is 21.6. The third-order valence-corrected chi connectivity index (χ3v) is 8.09. The van der Waals surface area contributed by atoms with E-state index in [-0.39, 0.29) is 27.7 Å². The number of nitrogens with zero attached hydrogens (tertiary/aromatic N) is 4. The second-order valence-electron chi connectivity index (χ2n) is 9.82. The van der Waals surface area contributed by atoms with Crippen molar-refractivity contribution in [2.75, 3.05) is 38.6 Å². The Morgan fingerprint density at radius 2 is 1.97 bits per heavy atom. The van der Waals surface area contributed by atoms with Gasteiger partial charge in [0, 0.05) is 43.4 Å². The lowest BCUT2D eigenvalue weighted by Crippen LogP contribution is -2.41. The lowest BCUT2D eigenvalue weighted by molar-refractivity contribution is -0.127. The van der Waals surface area contributed by atoms with Crippen molar-refractivity contribution in [3.05, 3.63) is 59.1 Å². The summed E-state index contributed by atoms with van der Waals surface area (Å²) in [6, 6.07) is 6.99. The predicted octanol–water partition coefficient (Wildman–Crippen LogP) is 5.85. The van der Waals surface area contributed by atoms with Gasteiger partial charge in [-0.1, -0.05) is 29.8 Å². The molecule has 1 N–H and O–H groups in total. The molecule has 0 bridgehead atoms. The fourth-order valence-electron chi connectivity index (χ4n) is 5.00. The number of carbonyl (C=O) groups is 1. The number of rotatable bonds is 8. The number of likely N-dealkylation sites (tertiary alicyclic amines) is 2. The molecule has 2 aromatic carbocycles. The molecule has 0 saturated carbocycles. The van der Waals surface area contributed by atoms with Gasteiger partial charge in [0.05, 0.1) is 21.2 Å². The largest absolute Gasteiger partial charge is 0.488 e. The highest BCUT2D eigenvalue weighted by Gasteiger charge is 2.26. The molecule has 2 saturated heterocycles. The zero-order valence-corrected chi connectivity index (χ0v) is 23.1. The van der Waals surface area contributed by atoms with Crippen LogP contribution in [0.25, 0.3) is 10.9 Å². The molecule has 1 amide bonds. The Bertz CT molecular complexity index is 1380. The summed E-state index contributed by atoms with van der Waals surface area (Å²) in [6.45, 7) is 6.31. The fourth-order valence-corrected chi connectivity index (χ4v) is 5.31. The van der Waals surface area contributed by atoms with E-state index in [1.165, 1.54) is 24.5 Å². The number of ether oxygens (including phenoxy) is 2. The van der Waals surface area contributed by atoms with Crippen molar-refractivity contribution in [3.63, 3.8) is 0 Å². The number of carbonyl (C=O) groups excluding carboxylic acids is 1. The average molecular weight is 574 g/mol. The van der Waals surface area contributed by atoms with Crippen molar-refractivity contribution in [1.29, 1.82) is 0 Å². The van der Waals surface area contributed by atoms with Crippen LogP contribution in [0.1, 0.15) is 25.7 Å². The van der Waals surface area contributed by atoms with Gasteiger partial charge in [0.15, 0.2) is 17.3 Å². The van der Waals surface area contributed by atoms with Crippen molar-refractivity contribution in [1.82, 2.24) is 19.8 Å². The summed E-state index contributed by atoms with van der Waals surface area (Å²) in [5.41, 5.74) is 0.747. The van der Waals surface area contributed by atoms with Crippen molar-refractivity contribution in [2.45, 2.75) is 37.8 Å². The van der Waals surface area contributed by atoms with Crippen LogP contribution in [0.2, 0.25) is 10.0 Å². The Balaban J connectivity index is 1.45. The molecular formula is C28H30Cl2FN5O3. The van der Waals surface area contributed by atoms with Crippen LogP contribution in [0.15, 0.2) is 43.2 Å². The van der Waals surface area contributed by atoms with Crippen molar-refractivity contribution in [3.8, 4) is 11.5 Å².